The van der Waals surface area contributed by atoms with Crippen LogP contribution in [0.25, 0.3) is 0 Å². The molecule has 2 saturated carbocycles. The molecule has 1 unspecified atom stereocenters. The fourth-order valence-corrected chi connectivity index (χ4v) is 6.91. The molecule has 6 rings (SSSR count). The molecule has 0 radical (unpaired) electrons. The van der Waals surface area contributed by atoms with E-state index in [1.165, 1.54) is 19.4 Å². The fraction of sp³-hybridized carbons (Fsp3) is 0.667. The average Bonchev–Trinajstić information content (AvgIpc) is 3.32. The van der Waals surface area contributed by atoms with Gasteiger partial charge in [-0.15, -0.1) is 5.75 Å². The van der Waals surface area contributed by atoms with Gasteiger partial charge in [-0.1, -0.05) is 6.07 Å². The number of rotatable bonds is 2. The summed E-state index contributed by atoms with van der Waals surface area (Å²) in [4.78, 5) is 12.7. The van der Waals surface area contributed by atoms with Crippen molar-refractivity contribution in [3.05, 3.63) is 23.3 Å². The van der Waals surface area contributed by atoms with Crippen molar-refractivity contribution in [3.63, 3.8) is 0 Å². The summed E-state index contributed by atoms with van der Waals surface area (Å²) in [7, 11) is 2.41. The molecule has 0 N–H and O–H groups in total. The number of hydrogen-bond acceptors (Lipinski definition) is 3. The molecule has 1 aromatic carbocycles. The van der Waals surface area contributed by atoms with E-state index in [9.17, 15) is 9.90 Å². The molecule has 5 atom stereocenters. The minimum atomic E-state index is -0.334. The van der Waals surface area contributed by atoms with Gasteiger partial charge in [-0.25, -0.2) is 0 Å². The maximum absolute atomic E-state index is 12.7. The Morgan fingerprint density at radius 1 is 1.32 bits per heavy atom. The zero-order chi connectivity index (χ0) is 17.0. The molecule has 4 nitrogen and oxygen atoms in total. The van der Waals surface area contributed by atoms with Crippen LogP contribution in [0.4, 0.5) is 0 Å². The van der Waals surface area contributed by atoms with Crippen LogP contribution in [0.1, 0.15) is 43.2 Å². The van der Waals surface area contributed by atoms with Crippen molar-refractivity contribution in [1.82, 2.24) is 0 Å². The molecule has 1 spiro atoms. The van der Waals surface area contributed by atoms with Crippen LogP contribution < -0.4 is 9.84 Å². The third kappa shape index (κ3) is 1.65. The van der Waals surface area contributed by atoms with Gasteiger partial charge < -0.3 is 14.3 Å². The molecule has 132 valence electrons. The normalized spacial score (nSPS) is 43.6. The second-order valence-corrected chi connectivity index (χ2v) is 9.42. The maximum Gasteiger partial charge on any atom is 0.174 e. The lowest BCUT2D eigenvalue weighted by molar-refractivity contribution is -0.946. The predicted octanol–water partition coefficient (Wildman–Crippen LogP) is 1.92. The van der Waals surface area contributed by atoms with Crippen molar-refractivity contribution in [1.29, 1.82) is 0 Å². The number of benzene rings is 1. The van der Waals surface area contributed by atoms with E-state index in [1.54, 1.807) is 6.07 Å². The second-order valence-electron chi connectivity index (χ2n) is 9.42. The van der Waals surface area contributed by atoms with Gasteiger partial charge in [0.05, 0.1) is 31.6 Å². The monoisotopic (exact) mass is 339 g/mol. The Morgan fingerprint density at radius 3 is 2.96 bits per heavy atom. The third-order valence-corrected chi connectivity index (χ3v) is 8.15. The first-order valence-electron chi connectivity index (χ1n) is 9.90. The predicted molar refractivity (Wildman–Crippen MR) is 90.5 cm³/mol. The lowest BCUT2D eigenvalue weighted by Gasteiger charge is -2.60. The van der Waals surface area contributed by atoms with Gasteiger partial charge >= 0.3 is 0 Å². The standard InChI is InChI=1S/C21H25NO3/c1-22(11-12-2-3-12)9-8-21-14-4-5-17(24)20(21)25-18-7-6-16(23)13(19(18)21)10-15(14)22/h6-7,12,14-15,20H,2-5,8-11H2,1H3/t14-,15-,20?,21+,22+/m0/s1. The summed E-state index contributed by atoms with van der Waals surface area (Å²) < 4.78 is 7.31. The van der Waals surface area contributed by atoms with Crippen LogP contribution in [0, 0.1) is 11.8 Å². The van der Waals surface area contributed by atoms with Crippen LogP contribution in [0.5, 0.6) is 11.5 Å². The number of likely N-dealkylation sites (tertiary alicyclic amines) is 1. The van der Waals surface area contributed by atoms with E-state index < -0.39 is 0 Å². The van der Waals surface area contributed by atoms with Crippen LogP contribution in [0.3, 0.4) is 0 Å². The van der Waals surface area contributed by atoms with Crippen molar-refractivity contribution in [2.75, 3.05) is 20.1 Å². The molecular formula is C21H25NO3. The van der Waals surface area contributed by atoms with Crippen LogP contribution in [0.2, 0.25) is 0 Å². The Balaban J connectivity index is 1.56. The van der Waals surface area contributed by atoms with E-state index in [1.807, 2.05) is 6.07 Å². The topological polar surface area (TPSA) is 49.4 Å². The van der Waals surface area contributed by atoms with Crippen molar-refractivity contribution in [3.8, 4) is 11.5 Å². The lowest BCUT2D eigenvalue weighted by atomic mass is 9.51. The highest BCUT2D eigenvalue weighted by molar-refractivity contribution is 5.88. The van der Waals surface area contributed by atoms with E-state index in [0.29, 0.717) is 18.4 Å². The minimum Gasteiger partial charge on any atom is -0.872 e. The number of quaternary nitrogens is 1. The Kier molecular flexibility index (Phi) is 2.57. The van der Waals surface area contributed by atoms with Crippen LogP contribution in [-0.4, -0.2) is 42.5 Å². The molecule has 1 aromatic rings. The molecule has 2 bridgehead atoms. The van der Waals surface area contributed by atoms with E-state index in [4.69, 9.17) is 4.74 Å². The van der Waals surface area contributed by atoms with Gasteiger partial charge in [-0.2, -0.15) is 0 Å². The van der Waals surface area contributed by atoms with Crippen molar-refractivity contribution in [2.45, 2.75) is 56.1 Å². The molecule has 2 heterocycles. The second kappa shape index (κ2) is 4.40. The first kappa shape index (κ1) is 14.6. The Bertz CT molecular complexity index is 801. The number of ketones is 1. The summed E-state index contributed by atoms with van der Waals surface area (Å²) in [6.45, 7) is 2.37. The van der Waals surface area contributed by atoms with Gasteiger partial charge in [0.1, 0.15) is 5.75 Å². The van der Waals surface area contributed by atoms with Crippen LogP contribution in [-0.2, 0) is 16.6 Å². The SMILES string of the molecule is C[N@+]1(CC2CC2)CC[C@]23c4c5ccc([O-])c4C[C@H]1[C@@H]2CCC(=O)C3O5. The summed E-state index contributed by atoms with van der Waals surface area (Å²) in [5.74, 6) is 2.60. The van der Waals surface area contributed by atoms with Gasteiger partial charge in [-0.05, 0) is 30.9 Å². The highest BCUT2D eigenvalue weighted by Gasteiger charge is 2.68. The van der Waals surface area contributed by atoms with E-state index >= 15 is 0 Å². The van der Waals surface area contributed by atoms with Gasteiger partial charge in [0, 0.05) is 36.7 Å². The number of carbonyl (C=O) groups excluding carboxylic acids is 1. The summed E-state index contributed by atoms with van der Waals surface area (Å²) in [5.41, 5.74) is 1.90. The zero-order valence-electron chi connectivity index (χ0n) is 14.8. The van der Waals surface area contributed by atoms with Crippen molar-refractivity contribution >= 4 is 5.78 Å². The van der Waals surface area contributed by atoms with E-state index in [-0.39, 0.29) is 23.1 Å². The molecule has 4 heteroatoms. The molecule has 0 amide bonds. The number of Topliss-reactive ketones (excluding diaryl/α,β-unsaturated/α-hetero) is 1. The number of piperidine rings is 1. The Hall–Kier alpha value is -1.55. The quantitative estimate of drug-likeness (QED) is 0.774. The summed E-state index contributed by atoms with van der Waals surface area (Å²) in [6, 6.07) is 3.96. The van der Waals surface area contributed by atoms with Gasteiger partial charge in [0.2, 0.25) is 0 Å². The summed E-state index contributed by atoms with van der Waals surface area (Å²) >= 11 is 0. The summed E-state index contributed by atoms with van der Waals surface area (Å²) in [6.07, 6.45) is 5.90. The smallest absolute Gasteiger partial charge is 0.174 e. The first-order chi connectivity index (χ1) is 12.0. The Labute approximate surface area is 148 Å². The third-order valence-electron chi connectivity index (χ3n) is 8.15. The van der Waals surface area contributed by atoms with E-state index in [2.05, 4.69) is 7.05 Å². The Morgan fingerprint density at radius 2 is 2.16 bits per heavy atom. The molecule has 25 heavy (non-hydrogen) atoms. The van der Waals surface area contributed by atoms with Crippen molar-refractivity contribution < 1.29 is 19.1 Å². The fourth-order valence-electron chi connectivity index (χ4n) is 6.91. The molecule has 5 aliphatic rings. The van der Waals surface area contributed by atoms with Crippen LogP contribution in [0.15, 0.2) is 12.1 Å². The maximum atomic E-state index is 12.7. The highest BCUT2D eigenvalue weighted by atomic mass is 16.5. The molecule has 3 aliphatic carbocycles. The highest BCUT2D eigenvalue weighted by Crippen LogP contribution is 2.63. The number of ether oxygens (including phenoxy) is 1. The van der Waals surface area contributed by atoms with E-state index in [0.717, 1.165) is 53.1 Å². The van der Waals surface area contributed by atoms with Gasteiger partial charge in [0.25, 0.3) is 0 Å². The van der Waals surface area contributed by atoms with Crippen LogP contribution >= 0.6 is 0 Å². The number of carbonyl (C=O) groups is 1. The first-order valence-corrected chi connectivity index (χ1v) is 9.90. The zero-order valence-corrected chi connectivity index (χ0v) is 14.8. The molecule has 3 fully saturated rings. The van der Waals surface area contributed by atoms with Crippen molar-refractivity contribution in [2.24, 2.45) is 11.8 Å². The van der Waals surface area contributed by atoms with Gasteiger partial charge in [0.15, 0.2) is 11.9 Å². The number of likely N-dealkylation sites (N-methyl/N-ethyl adjacent to an activating group) is 1. The summed E-state index contributed by atoms with van der Waals surface area (Å²) in [5, 5.41) is 12.7. The molecule has 0 aromatic heterocycles. The largest absolute Gasteiger partial charge is 0.872 e. The molecule has 2 aliphatic heterocycles. The number of hydrogen-bond donors (Lipinski definition) is 0. The molecular weight excluding hydrogens is 314 g/mol. The van der Waals surface area contributed by atoms with Gasteiger partial charge in [-0.3, -0.25) is 4.79 Å². The molecule has 1 saturated heterocycles. The lowest BCUT2D eigenvalue weighted by Crippen LogP contribution is -2.72. The minimum absolute atomic E-state index is 0.156. The average molecular weight is 339 g/mol. The number of nitrogens with zero attached hydrogens (tertiary/aromatic N) is 1.